The summed E-state index contributed by atoms with van der Waals surface area (Å²) in [5.74, 6) is 1.25. The Morgan fingerprint density at radius 3 is 2.38 bits per heavy atom. The van der Waals surface area contributed by atoms with Gasteiger partial charge in [0.25, 0.3) is 10.0 Å². The number of sulfonamides is 1. The molecule has 0 amide bonds. The molecule has 7 heteroatoms. The average Bonchev–Trinajstić information content (AvgIpc) is 2.64. The summed E-state index contributed by atoms with van der Waals surface area (Å²) in [6, 6.07) is 8.95. The van der Waals surface area contributed by atoms with Gasteiger partial charge in [0.2, 0.25) is 0 Å². The van der Waals surface area contributed by atoms with Gasteiger partial charge < -0.3 is 10.2 Å². The van der Waals surface area contributed by atoms with Crippen molar-refractivity contribution in [3.63, 3.8) is 0 Å². The number of aromatic nitrogens is 1. The fraction of sp³-hybridized carbons (Fsp3) is 0.421. The minimum absolute atomic E-state index is 0.257. The highest BCUT2D eigenvalue weighted by atomic mass is 32.2. The molecular formula is C19H26N4O2S. The summed E-state index contributed by atoms with van der Waals surface area (Å²) >= 11 is 0. The molecule has 2 aromatic rings. The number of anilines is 2. The molecule has 0 unspecified atom stereocenters. The average molecular weight is 375 g/mol. The van der Waals surface area contributed by atoms with Crippen LogP contribution in [-0.2, 0) is 10.0 Å². The Bertz CT molecular complexity index is 858. The van der Waals surface area contributed by atoms with Gasteiger partial charge in [-0.25, -0.2) is 13.4 Å². The van der Waals surface area contributed by atoms with Crippen LogP contribution in [-0.4, -0.2) is 39.6 Å². The maximum atomic E-state index is 12.7. The van der Waals surface area contributed by atoms with Gasteiger partial charge in [0.05, 0.1) is 16.8 Å². The third-order valence-electron chi connectivity index (χ3n) is 4.64. The van der Waals surface area contributed by atoms with Gasteiger partial charge in [-0.1, -0.05) is 26.0 Å². The van der Waals surface area contributed by atoms with Crippen molar-refractivity contribution < 1.29 is 8.42 Å². The van der Waals surface area contributed by atoms with Crippen LogP contribution in [0.15, 0.2) is 41.4 Å². The maximum Gasteiger partial charge on any atom is 0.261 e. The van der Waals surface area contributed by atoms with E-state index >= 15 is 0 Å². The molecule has 2 N–H and O–H groups in total. The molecule has 3 rings (SSSR count). The zero-order chi connectivity index (χ0) is 18.7. The molecule has 6 nitrogen and oxygen atoms in total. The summed E-state index contributed by atoms with van der Waals surface area (Å²) < 4.78 is 28.0. The fourth-order valence-electron chi connectivity index (χ4n) is 2.95. The third-order valence-corrected chi connectivity index (χ3v) is 6.02. The van der Waals surface area contributed by atoms with Gasteiger partial charge in [0.15, 0.2) is 0 Å². The van der Waals surface area contributed by atoms with Gasteiger partial charge in [-0.05, 0) is 42.2 Å². The van der Waals surface area contributed by atoms with Crippen LogP contribution >= 0.6 is 0 Å². The predicted octanol–water partition coefficient (Wildman–Crippen LogP) is 2.72. The second-order valence-corrected chi connectivity index (χ2v) is 8.61. The van der Waals surface area contributed by atoms with E-state index < -0.39 is 10.0 Å². The first-order valence-electron chi connectivity index (χ1n) is 8.92. The zero-order valence-corrected chi connectivity index (χ0v) is 16.3. The van der Waals surface area contributed by atoms with Gasteiger partial charge in [-0.2, -0.15) is 0 Å². The molecule has 140 valence electrons. The van der Waals surface area contributed by atoms with Crippen LogP contribution in [0.1, 0.15) is 30.9 Å². The number of hydrogen-bond acceptors (Lipinski definition) is 5. The summed E-state index contributed by atoms with van der Waals surface area (Å²) in [6.45, 7) is 9.73. The number of nitrogens with zero attached hydrogens (tertiary/aromatic N) is 2. The summed E-state index contributed by atoms with van der Waals surface area (Å²) in [6.07, 6.45) is 1.60. The molecule has 26 heavy (non-hydrogen) atoms. The van der Waals surface area contributed by atoms with E-state index in [0.29, 0.717) is 11.6 Å². The van der Waals surface area contributed by atoms with Crippen molar-refractivity contribution in [1.29, 1.82) is 0 Å². The van der Waals surface area contributed by atoms with Gasteiger partial charge in [-0.3, -0.25) is 4.72 Å². The van der Waals surface area contributed by atoms with E-state index in [1.165, 1.54) is 0 Å². The lowest BCUT2D eigenvalue weighted by molar-refractivity contribution is 0.585. The Balaban J connectivity index is 1.78. The van der Waals surface area contributed by atoms with Crippen molar-refractivity contribution in [2.24, 2.45) is 0 Å². The van der Waals surface area contributed by atoms with Crippen molar-refractivity contribution in [3.8, 4) is 0 Å². The van der Waals surface area contributed by atoms with Crippen LogP contribution in [0, 0.1) is 6.92 Å². The smallest absolute Gasteiger partial charge is 0.261 e. The van der Waals surface area contributed by atoms with Crippen LogP contribution in [0.3, 0.4) is 0 Å². The highest BCUT2D eigenvalue weighted by Crippen LogP contribution is 2.24. The van der Waals surface area contributed by atoms with Crippen molar-refractivity contribution in [3.05, 3.63) is 47.7 Å². The second-order valence-electron chi connectivity index (χ2n) is 6.92. The van der Waals surface area contributed by atoms with Crippen molar-refractivity contribution >= 4 is 21.5 Å². The quantitative estimate of drug-likeness (QED) is 0.842. The van der Waals surface area contributed by atoms with E-state index in [2.05, 4.69) is 33.8 Å². The Morgan fingerprint density at radius 1 is 1.15 bits per heavy atom. The monoisotopic (exact) mass is 374 g/mol. The minimum Gasteiger partial charge on any atom is -0.354 e. The highest BCUT2D eigenvalue weighted by Gasteiger charge is 2.17. The van der Waals surface area contributed by atoms with Crippen LogP contribution < -0.4 is 14.9 Å². The summed E-state index contributed by atoms with van der Waals surface area (Å²) in [4.78, 5) is 6.91. The molecule has 0 radical (unpaired) electrons. The maximum absolute atomic E-state index is 12.7. The largest absolute Gasteiger partial charge is 0.354 e. The van der Waals surface area contributed by atoms with Crippen molar-refractivity contribution in [2.75, 3.05) is 35.8 Å². The standard InChI is InChI=1S/C19H26N4O2S/c1-14(2)16-4-6-17(7-5-16)26(24,25)22-18-13-21-19(12-15(18)3)23-10-8-20-9-11-23/h4-7,12-14,20,22H,8-11H2,1-3H3. The Labute approximate surface area is 155 Å². The molecule has 1 aromatic heterocycles. The molecular weight excluding hydrogens is 348 g/mol. The van der Waals surface area contributed by atoms with Crippen LogP contribution in [0.2, 0.25) is 0 Å². The summed E-state index contributed by atoms with van der Waals surface area (Å²) in [5.41, 5.74) is 2.48. The lowest BCUT2D eigenvalue weighted by Gasteiger charge is -2.28. The first-order chi connectivity index (χ1) is 12.4. The molecule has 0 aliphatic carbocycles. The number of aryl methyl sites for hydroxylation is 1. The minimum atomic E-state index is -3.63. The predicted molar refractivity (Wildman–Crippen MR) is 105 cm³/mol. The van der Waals surface area contributed by atoms with Crippen LogP contribution in [0.5, 0.6) is 0 Å². The Hall–Kier alpha value is -2.12. The fourth-order valence-corrected chi connectivity index (χ4v) is 4.07. The molecule has 1 aromatic carbocycles. The van der Waals surface area contributed by atoms with Crippen molar-refractivity contribution in [2.45, 2.75) is 31.6 Å². The van der Waals surface area contributed by atoms with E-state index in [1.807, 2.05) is 25.1 Å². The van der Waals surface area contributed by atoms with Crippen LogP contribution in [0.25, 0.3) is 0 Å². The molecule has 1 aliphatic rings. The topological polar surface area (TPSA) is 74.3 Å². The number of benzene rings is 1. The Kier molecular flexibility index (Phi) is 5.48. The molecule has 2 heterocycles. The molecule has 1 saturated heterocycles. The number of hydrogen-bond donors (Lipinski definition) is 2. The number of pyridine rings is 1. The van der Waals surface area contributed by atoms with E-state index in [9.17, 15) is 8.42 Å². The third kappa shape index (κ3) is 4.16. The van der Waals surface area contributed by atoms with E-state index in [4.69, 9.17) is 0 Å². The first-order valence-corrected chi connectivity index (χ1v) is 10.4. The first kappa shape index (κ1) is 18.7. The van der Waals surface area contributed by atoms with Crippen molar-refractivity contribution in [1.82, 2.24) is 10.3 Å². The molecule has 0 bridgehead atoms. The van der Waals surface area contributed by atoms with E-state index in [-0.39, 0.29) is 4.90 Å². The SMILES string of the molecule is Cc1cc(N2CCNCC2)ncc1NS(=O)(=O)c1ccc(C(C)C)cc1. The number of piperazine rings is 1. The number of rotatable bonds is 5. The summed E-state index contributed by atoms with van der Waals surface area (Å²) in [7, 11) is -3.63. The van der Waals surface area contributed by atoms with Crippen LogP contribution in [0.4, 0.5) is 11.5 Å². The normalized spacial score (nSPS) is 15.3. The summed E-state index contributed by atoms with van der Waals surface area (Å²) in [5, 5.41) is 3.31. The van der Waals surface area contributed by atoms with Gasteiger partial charge in [0.1, 0.15) is 5.82 Å². The van der Waals surface area contributed by atoms with E-state index in [1.54, 1.807) is 18.3 Å². The second kappa shape index (κ2) is 7.63. The molecule has 0 saturated carbocycles. The lowest BCUT2D eigenvalue weighted by Crippen LogP contribution is -2.43. The van der Waals surface area contributed by atoms with Gasteiger partial charge in [-0.15, -0.1) is 0 Å². The number of nitrogens with one attached hydrogen (secondary N) is 2. The highest BCUT2D eigenvalue weighted by molar-refractivity contribution is 7.92. The molecule has 0 atom stereocenters. The molecule has 0 spiro atoms. The van der Waals surface area contributed by atoms with Gasteiger partial charge in [0, 0.05) is 26.2 Å². The van der Waals surface area contributed by atoms with Gasteiger partial charge >= 0.3 is 0 Å². The Morgan fingerprint density at radius 2 is 1.81 bits per heavy atom. The zero-order valence-electron chi connectivity index (χ0n) is 15.5. The molecule has 1 fully saturated rings. The lowest BCUT2D eigenvalue weighted by atomic mass is 10.0. The molecule has 1 aliphatic heterocycles. The van der Waals surface area contributed by atoms with E-state index in [0.717, 1.165) is 43.1 Å².